The smallest absolute Gasteiger partial charge is 0.157 e. The number of nitrogens with one attached hydrogen (secondary N) is 1. The fourth-order valence-corrected chi connectivity index (χ4v) is 2.41. The van der Waals surface area contributed by atoms with Gasteiger partial charge >= 0.3 is 0 Å². The lowest BCUT2D eigenvalue weighted by Crippen LogP contribution is -2.37. The van der Waals surface area contributed by atoms with Gasteiger partial charge in [-0.3, -0.25) is 4.79 Å². The van der Waals surface area contributed by atoms with E-state index in [1.807, 2.05) is 4.68 Å². The standard InChI is InChI=1S/C13H22N4O/c1-2-8-17-13(15-10-16-17)9-12(18)11-6-4-3-5-7-14-11/h10-11,14H,2-9H2,1H3. The van der Waals surface area contributed by atoms with Crippen LogP contribution >= 0.6 is 0 Å². The van der Waals surface area contributed by atoms with Crippen LogP contribution in [0.5, 0.6) is 0 Å². The Morgan fingerprint density at radius 3 is 3.22 bits per heavy atom. The van der Waals surface area contributed by atoms with Crippen LogP contribution in [0.15, 0.2) is 6.33 Å². The topological polar surface area (TPSA) is 59.8 Å². The SMILES string of the molecule is CCCn1ncnc1CC(=O)C1CCCCCN1. The van der Waals surface area contributed by atoms with Crippen molar-refractivity contribution in [2.75, 3.05) is 6.54 Å². The molecule has 1 saturated heterocycles. The van der Waals surface area contributed by atoms with Crippen molar-refractivity contribution in [3.63, 3.8) is 0 Å². The second kappa shape index (κ2) is 6.64. The summed E-state index contributed by atoms with van der Waals surface area (Å²) in [7, 11) is 0. The van der Waals surface area contributed by atoms with Crippen LogP contribution in [0.1, 0.15) is 44.9 Å². The van der Waals surface area contributed by atoms with Crippen LogP contribution in [0.4, 0.5) is 0 Å². The molecule has 0 aromatic carbocycles. The molecule has 2 heterocycles. The molecule has 2 rings (SSSR count). The minimum atomic E-state index is 0.0132. The molecular weight excluding hydrogens is 228 g/mol. The fourth-order valence-electron chi connectivity index (χ4n) is 2.41. The molecule has 1 aromatic rings. The van der Waals surface area contributed by atoms with Crippen molar-refractivity contribution in [1.29, 1.82) is 0 Å². The van der Waals surface area contributed by atoms with Gasteiger partial charge in [0.25, 0.3) is 0 Å². The van der Waals surface area contributed by atoms with Crippen LogP contribution in [-0.2, 0) is 17.8 Å². The molecule has 1 atom stereocenters. The van der Waals surface area contributed by atoms with E-state index in [1.165, 1.54) is 12.8 Å². The summed E-state index contributed by atoms with van der Waals surface area (Å²) in [5.74, 6) is 1.05. The van der Waals surface area contributed by atoms with Gasteiger partial charge in [0.2, 0.25) is 0 Å². The van der Waals surface area contributed by atoms with Gasteiger partial charge in [-0.25, -0.2) is 9.67 Å². The van der Waals surface area contributed by atoms with E-state index in [-0.39, 0.29) is 11.8 Å². The molecule has 1 aliphatic heterocycles. The van der Waals surface area contributed by atoms with Gasteiger partial charge in [-0.1, -0.05) is 19.8 Å². The third-order valence-electron chi connectivity index (χ3n) is 3.41. The van der Waals surface area contributed by atoms with Crippen LogP contribution in [0.2, 0.25) is 0 Å². The number of hydrogen-bond donors (Lipinski definition) is 1. The summed E-state index contributed by atoms with van der Waals surface area (Å²) in [6, 6.07) is 0.0132. The number of ketones is 1. The molecule has 1 aliphatic rings. The van der Waals surface area contributed by atoms with E-state index in [2.05, 4.69) is 22.3 Å². The maximum absolute atomic E-state index is 12.2. The monoisotopic (exact) mass is 250 g/mol. The maximum atomic E-state index is 12.2. The average Bonchev–Trinajstić information content (AvgIpc) is 2.66. The van der Waals surface area contributed by atoms with Crippen LogP contribution in [-0.4, -0.2) is 33.1 Å². The van der Waals surface area contributed by atoms with Gasteiger partial charge < -0.3 is 5.32 Å². The predicted octanol–water partition coefficient (Wildman–Crippen LogP) is 1.33. The van der Waals surface area contributed by atoms with Gasteiger partial charge in [-0.2, -0.15) is 5.10 Å². The summed E-state index contributed by atoms with van der Waals surface area (Å²) >= 11 is 0. The van der Waals surface area contributed by atoms with Gasteiger partial charge in [0.1, 0.15) is 12.2 Å². The molecule has 0 amide bonds. The molecule has 1 unspecified atom stereocenters. The minimum Gasteiger partial charge on any atom is -0.307 e. The zero-order valence-corrected chi connectivity index (χ0v) is 11.1. The fraction of sp³-hybridized carbons (Fsp3) is 0.769. The van der Waals surface area contributed by atoms with E-state index in [0.717, 1.165) is 38.2 Å². The normalized spacial score (nSPS) is 20.6. The van der Waals surface area contributed by atoms with Crippen molar-refractivity contribution in [3.8, 4) is 0 Å². The number of Topliss-reactive ketones (excluding diaryl/α,β-unsaturated/α-hetero) is 1. The molecule has 1 aromatic heterocycles. The Bertz CT molecular complexity index is 380. The van der Waals surface area contributed by atoms with Crippen LogP contribution in [0, 0.1) is 0 Å². The second-order valence-electron chi connectivity index (χ2n) is 4.90. The molecule has 0 spiro atoms. The van der Waals surface area contributed by atoms with Gasteiger partial charge in [0, 0.05) is 6.54 Å². The van der Waals surface area contributed by atoms with E-state index in [9.17, 15) is 4.79 Å². The molecule has 5 nitrogen and oxygen atoms in total. The summed E-state index contributed by atoms with van der Waals surface area (Å²) in [5.41, 5.74) is 0. The molecule has 1 N–H and O–H groups in total. The number of hydrogen-bond acceptors (Lipinski definition) is 4. The van der Waals surface area contributed by atoms with Crippen molar-refractivity contribution in [2.45, 2.75) is 58.0 Å². The Balaban J connectivity index is 1.94. The number of carbonyl (C=O) groups is 1. The van der Waals surface area contributed by atoms with Crippen LogP contribution < -0.4 is 5.32 Å². The molecule has 0 bridgehead atoms. The molecule has 18 heavy (non-hydrogen) atoms. The molecule has 1 fully saturated rings. The summed E-state index contributed by atoms with van der Waals surface area (Å²) in [6.07, 6.45) is 7.45. The Kier molecular flexibility index (Phi) is 4.87. The highest BCUT2D eigenvalue weighted by Crippen LogP contribution is 2.11. The summed E-state index contributed by atoms with van der Waals surface area (Å²) in [4.78, 5) is 16.4. The summed E-state index contributed by atoms with van der Waals surface area (Å²) in [6.45, 7) is 3.89. The summed E-state index contributed by atoms with van der Waals surface area (Å²) in [5, 5.41) is 7.49. The predicted molar refractivity (Wildman–Crippen MR) is 69.3 cm³/mol. The van der Waals surface area contributed by atoms with Gasteiger partial charge in [0.15, 0.2) is 5.78 Å². The zero-order chi connectivity index (χ0) is 12.8. The van der Waals surface area contributed by atoms with Crippen LogP contribution in [0.25, 0.3) is 0 Å². The lowest BCUT2D eigenvalue weighted by atomic mass is 10.0. The molecule has 100 valence electrons. The molecule has 0 radical (unpaired) electrons. The highest BCUT2D eigenvalue weighted by molar-refractivity contribution is 5.85. The van der Waals surface area contributed by atoms with Crippen LogP contribution in [0.3, 0.4) is 0 Å². The first-order chi connectivity index (χ1) is 8.81. The number of aromatic nitrogens is 3. The first kappa shape index (κ1) is 13.2. The number of rotatable bonds is 5. The minimum absolute atomic E-state index is 0.0132. The maximum Gasteiger partial charge on any atom is 0.157 e. The van der Waals surface area contributed by atoms with Crippen molar-refractivity contribution in [1.82, 2.24) is 20.1 Å². The Morgan fingerprint density at radius 2 is 2.39 bits per heavy atom. The van der Waals surface area contributed by atoms with Crippen molar-refractivity contribution in [3.05, 3.63) is 12.2 Å². The van der Waals surface area contributed by atoms with Gasteiger partial charge in [-0.05, 0) is 25.8 Å². The van der Waals surface area contributed by atoms with Gasteiger partial charge in [0.05, 0.1) is 12.5 Å². The molecule has 0 aliphatic carbocycles. The lowest BCUT2D eigenvalue weighted by molar-refractivity contribution is -0.120. The van der Waals surface area contributed by atoms with Gasteiger partial charge in [-0.15, -0.1) is 0 Å². The molecular formula is C13H22N4O. The number of aryl methyl sites for hydroxylation is 1. The van der Waals surface area contributed by atoms with E-state index >= 15 is 0 Å². The molecule has 5 heteroatoms. The zero-order valence-electron chi connectivity index (χ0n) is 11.1. The molecule has 0 saturated carbocycles. The lowest BCUT2D eigenvalue weighted by Gasteiger charge is -2.14. The van der Waals surface area contributed by atoms with Crippen molar-refractivity contribution in [2.24, 2.45) is 0 Å². The first-order valence-corrected chi connectivity index (χ1v) is 6.94. The van der Waals surface area contributed by atoms with E-state index < -0.39 is 0 Å². The Morgan fingerprint density at radius 1 is 1.50 bits per heavy atom. The van der Waals surface area contributed by atoms with E-state index in [1.54, 1.807) is 6.33 Å². The highest BCUT2D eigenvalue weighted by atomic mass is 16.1. The Hall–Kier alpha value is -1.23. The Labute approximate surface area is 108 Å². The first-order valence-electron chi connectivity index (χ1n) is 6.94. The van der Waals surface area contributed by atoms with E-state index in [0.29, 0.717) is 6.42 Å². The second-order valence-corrected chi connectivity index (χ2v) is 4.90. The average molecular weight is 250 g/mol. The summed E-state index contributed by atoms with van der Waals surface area (Å²) < 4.78 is 1.84. The largest absolute Gasteiger partial charge is 0.307 e. The number of carbonyl (C=O) groups excluding carboxylic acids is 1. The number of nitrogens with zero attached hydrogens (tertiary/aromatic N) is 3. The highest BCUT2D eigenvalue weighted by Gasteiger charge is 2.21. The third-order valence-corrected chi connectivity index (χ3v) is 3.41. The van der Waals surface area contributed by atoms with E-state index in [4.69, 9.17) is 0 Å². The third kappa shape index (κ3) is 3.38. The van der Waals surface area contributed by atoms with Crippen molar-refractivity contribution < 1.29 is 4.79 Å². The quantitative estimate of drug-likeness (QED) is 0.856. The van der Waals surface area contributed by atoms with Crippen molar-refractivity contribution >= 4 is 5.78 Å².